The van der Waals surface area contributed by atoms with E-state index in [-0.39, 0.29) is 35.2 Å². The van der Waals surface area contributed by atoms with E-state index in [0.717, 1.165) is 36.6 Å². The van der Waals surface area contributed by atoms with Gasteiger partial charge in [0.05, 0.1) is 17.2 Å². The normalized spacial score (nSPS) is 23.7. The number of nitrogens with zero attached hydrogens (tertiary/aromatic N) is 4. The molecule has 3 atom stereocenters. The molecule has 1 unspecified atom stereocenters. The first kappa shape index (κ1) is 33.1. The van der Waals surface area contributed by atoms with Gasteiger partial charge in [-0.3, -0.25) is 14.5 Å². The van der Waals surface area contributed by atoms with Crippen LogP contribution in [0.15, 0.2) is 41.3 Å². The van der Waals surface area contributed by atoms with Crippen molar-refractivity contribution in [2.75, 3.05) is 52.1 Å². The molecule has 3 fully saturated rings. The number of carbonyl (C=O) groups is 2. The molecule has 11 nitrogen and oxygen atoms in total. The highest BCUT2D eigenvalue weighted by atomic mass is 35.5. The fourth-order valence-corrected chi connectivity index (χ4v) is 9.50. The van der Waals surface area contributed by atoms with Crippen LogP contribution >= 0.6 is 11.6 Å². The number of likely N-dealkylation sites (N-methyl/N-ethyl adjacent to an activating group) is 1. The second-order valence-corrected chi connectivity index (χ2v) is 16.4. The first-order valence-electron chi connectivity index (χ1n) is 15.4. The number of benzene rings is 2. The molecule has 5 rings (SSSR count). The predicted octanol–water partition coefficient (Wildman–Crippen LogP) is 2.50. The minimum Gasteiger partial charge on any atom is -0.337 e. The van der Waals surface area contributed by atoms with Crippen LogP contribution in [0.3, 0.4) is 0 Å². The van der Waals surface area contributed by atoms with Gasteiger partial charge in [0, 0.05) is 50.3 Å². The van der Waals surface area contributed by atoms with Crippen molar-refractivity contribution in [2.45, 2.75) is 68.5 Å². The summed E-state index contributed by atoms with van der Waals surface area (Å²) < 4.78 is 55.6. The lowest BCUT2D eigenvalue weighted by molar-refractivity contribution is -0.143. The minimum atomic E-state index is -3.98. The zero-order chi connectivity index (χ0) is 31.6. The summed E-state index contributed by atoms with van der Waals surface area (Å²) in [5, 5.41) is 2.09. The molecular weight excluding hydrogens is 626 g/mol. The van der Waals surface area contributed by atoms with Crippen LogP contribution in [0.2, 0.25) is 5.02 Å². The average molecular weight is 668 g/mol. The molecule has 44 heavy (non-hydrogen) atoms. The monoisotopic (exact) mass is 667 g/mol. The molecule has 3 aliphatic rings. The molecule has 1 N–H and O–H groups in total. The minimum absolute atomic E-state index is 0.00391. The van der Waals surface area contributed by atoms with Gasteiger partial charge in [-0.1, -0.05) is 30.7 Å². The molecule has 3 saturated heterocycles. The summed E-state index contributed by atoms with van der Waals surface area (Å²) in [6, 6.07) is 8.92. The first-order chi connectivity index (χ1) is 20.9. The molecule has 3 heterocycles. The number of fused-ring (bicyclic) bond motifs is 1. The largest absolute Gasteiger partial charge is 0.337 e. The summed E-state index contributed by atoms with van der Waals surface area (Å²) in [5.41, 5.74) is 0. The summed E-state index contributed by atoms with van der Waals surface area (Å²) in [6.45, 7) is 4.84. The molecule has 0 aliphatic carbocycles. The predicted molar refractivity (Wildman–Crippen MR) is 170 cm³/mol. The van der Waals surface area contributed by atoms with Gasteiger partial charge in [-0.25, -0.2) is 21.1 Å². The molecule has 2 aromatic carbocycles. The average Bonchev–Trinajstić information content (AvgIpc) is 3.64. The summed E-state index contributed by atoms with van der Waals surface area (Å²) >= 11 is 6.05. The fourth-order valence-electron chi connectivity index (χ4n) is 6.63. The van der Waals surface area contributed by atoms with Gasteiger partial charge in [-0.2, -0.15) is 4.72 Å². The van der Waals surface area contributed by atoms with Gasteiger partial charge in [0.15, 0.2) is 0 Å². The molecule has 14 heteroatoms. The Labute approximate surface area is 265 Å². The molecule has 0 radical (unpaired) electrons. The highest BCUT2D eigenvalue weighted by Gasteiger charge is 2.38. The van der Waals surface area contributed by atoms with Crippen molar-refractivity contribution in [3.8, 4) is 0 Å². The number of rotatable bonds is 11. The van der Waals surface area contributed by atoms with Crippen LogP contribution in [0.4, 0.5) is 0 Å². The molecule has 242 valence electrons. The van der Waals surface area contributed by atoms with Gasteiger partial charge in [0.25, 0.3) is 0 Å². The van der Waals surface area contributed by atoms with Gasteiger partial charge in [0.2, 0.25) is 31.9 Å². The van der Waals surface area contributed by atoms with E-state index in [2.05, 4.69) is 9.62 Å². The van der Waals surface area contributed by atoms with Crippen LogP contribution in [0.1, 0.15) is 45.4 Å². The highest BCUT2D eigenvalue weighted by Crippen LogP contribution is 2.26. The number of hydrogen-bond donors (Lipinski definition) is 1. The van der Waals surface area contributed by atoms with Crippen molar-refractivity contribution >= 4 is 54.2 Å². The molecule has 3 aliphatic heterocycles. The lowest BCUT2D eigenvalue weighted by Crippen LogP contribution is -2.55. The van der Waals surface area contributed by atoms with Crippen molar-refractivity contribution in [3.05, 3.63) is 41.4 Å². The molecule has 0 bridgehead atoms. The Morgan fingerprint density at radius 2 is 1.73 bits per heavy atom. The molecule has 0 aromatic heterocycles. The SMILES string of the molecule is CCCS(=O)(=O)N(C)C1CCN(C[C@@H]2CCCN2C(=O)CN2CCC[C@H](NS(=O)(=O)c3ccc4cc(Cl)ccc4c3)C2=O)C1. The third-order valence-corrected chi connectivity index (χ3v) is 12.9. The van der Waals surface area contributed by atoms with E-state index in [0.29, 0.717) is 50.5 Å². The van der Waals surface area contributed by atoms with E-state index in [1.807, 2.05) is 11.8 Å². The van der Waals surface area contributed by atoms with Crippen molar-refractivity contribution < 1.29 is 26.4 Å². The number of halogens is 1. The molecule has 2 aromatic rings. The Morgan fingerprint density at radius 3 is 2.50 bits per heavy atom. The van der Waals surface area contributed by atoms with Gasteiger partial charge < -0.3 is 9.80 Å². The fraction of sp³-hybridized carbons (Fsp3) is 0.600. The van der Waals surface area contributed by atoms with Crippen LogP contribution in [-0.2, 0) is 29.6 Å². The maximum atomic E-state index is 13.5. The van der Waals surface area contributed by atoms with Crippen molar-refractivity contribution in [3.63, 3.8) is 0 Å². The second-order valence-electron chi connectivity index (χ2n) is 12.1. The third kappa shape index (κ3) is 7.39. The summed E-state index contributed by atoms with van der Waals surface area (Å²) in [5.74, 6) is -0.396. The van der Waals surface area contributed by atoms with Crippen LogP contribution in [-0.4, -0.2) is 118 Å². The summed E-state index contributed by atoms with van der Waals surface area (Å²) in [4.78, 5) is 32.4. The van der Waals surface area contributed by atoms with E-state index in [1.165, 1.54) is 15.3 Å². The van der Waals surface area contributed by atoms with E-state index in [9.17, 15) is 26.4 Å². The van der Waals surface area contributed by atoms with Crippen LogP contribution in [0, 0.1) is 0 Å². The number of sulfonamides is 2. The maximum absolute atomic E-state index is 13.5. The zero-order valence-electron chi connectivity index (χ0n) is 25.3. The zero-order valence-corrected chi connectivity index (χ0v) is 27.7. The number of hydrogen-bond acceptors (Lipinski definition) is 7. The van der Waals surface area contributed by atoms with Crippen molar-refractivity contribution in [1.29, 1.82) is 0 Å². The first-order valence-corrected chi connectivity index (χ1v) is 18.8. The van der Waals surface area contributed by atoms with Gasteiger partial charge in [0.1, 0.15) is 6.04 Å². The lowest BCUT2D eigenvalue weighted by Gasteiger charge is -2.35. The van der Waals surface area contributed by atoms with Crippen LogP contribution < -0.4 is 4.72 Å². The topological polar surface area (TPSA) is 127 Å². The van der Waals surface area contributed by atoms with Crippen molar-refractivity contribution in [1.82, 2.24) is 23.7 Å². The van der Waals surface area contributed by atoms with Gasteiger partial charge in [-0.05, 0) is 80.1 Å². The Bertz CT molecular complexity index is 1600. The summed E-state index contributed by atoms with van der Waals surface area (Å²) in [6.07, 6.45) is 3.99. The quantitative estimate of drug-likeness (QED) is 0.390. The Kier molecular flexibility index (Phi) is 10.2. The van der Waals surface area contributed by atoms with E-state index < -0.39 is 32.0 Å². The number of likely N-dealkylation sites (tertiary alicyclic amines) is 3. The second kappa shape index (κ2) is 13.6. The van der Waals surface area contributed by atoms with E-state index >= 15 is 0 Å². The Hall–Kier alpha value is -2.29. The lowest BCUT2D eigenvalue weighted by atomic mass is 10.1. The van der Waals surface area contributed by atoms with Crippen LogP contribution in [0.25, 0.3) is 10.8 Å². The number of piperidine rings is 1. The van der Waals surface area contributed by atoms with E-state index in [4.69, 9.17) is 11.6 Å². The van der Waals surface area contributed by atoms with Gasteiger partial charge >= 0.3 is 0 Å². The molecular formula is C30H42ClN5O6S2. The highest BCUT2D eigenvalue weighted by molar-refractivity contribution is 7.89. The molecule has 0 saturated carbocycles. The molecule has 2 amide bonds. The maximum Gasteiger partial charge on any atom is 0.242 e. The number of carbonyl (C=O) groups excluding carboxylic acids is 2. The van der Waals surface area contributed by atoms with Gasteiger partial charge in [-0.15, -0.1) is 0 Å². The third-order valence-electron chi connectivity index (χ3n) is 9.07. The molecule has 0 spiro atoms. The standard InChI is InChI=1S/C30H42ClN5O6S2/c1-3-16-43(39,40)33(2)25-12-15-34(19-25)20-26-6-4-14-36(26)29(37)21-35-13-5-7-28(30(35)38)32-44(41,42)27-11-9-22-17-24(31)10-8-23(22)18-27/h8-11,17-18,25-26,28,32H,3-7,12-16,19-21H2,1-2H3/t25?,26-,28-/m0/s1. The van der Waals surface area contributed by atoms with Crippen LogP contribution in [0.5, 0.6) is 0 Å². The van der Waals surface area contributed by atoms with Crippen molar-refractivity contribution in [2.24, 2.45) is 0 Å². The Balaban J connectivity index is 1.17. The number of amides is 2. The summed E-state index contributed by atoms with van der Waals surface area (Å²) in [7, 11) is -5.60. The number of nitrogens with one attached hydrogen (secondary N) is 1. The Morgan fingerprint density at radius 1 is 1.00 bits per heavy atom. The smallest absolute Gasteiger partial charge is 0.242 e. The van der Waals surface area contributed by atoms with E-state index in [1.54, 1.807) is 37.4 Å².